The number of aliphatic hydroxyl groups excluding tert-OH is 2. The lowest BCUT2D eigenvalue weighted by atomic mass is 10.1. The van der Waals surface area contributed by atoms with Crippen LogP contribution in [-0.2, 0) is 27.3 Å². The molecule has 166 valence electrons. The van der Waals surface area contributed by atoms with Crippen LogP contribution in [0.5, 0.6) is 0 Å². The zero-order chi connectivity index (χ0) is 22.2. The highest BCUT2D eigenvalue weighted by atomic mass is 31.3. The van der Waals surface area contributed by atoms with Crippen LogP contribution < -0.4 is 16.3 Å². The molecule has 0 aromatic carbocycles. The van der Waals surface area contributed by atoms with Crippen molar-refractivity contribution >= 4 is 29.1 Å². The zero-order valence-corrected chi connectivity index (χ0v) is 16.7. The van der Waals surface area contributed by atoms with Crippen LogP contribution >= 0.6 is 23.3 Å². The summed E-state index contributed by atoms with van der Waals surface area (Å²) in [4.78, 5) is 51.8. The maximum absolute atomic E-state index is 11.8. The average Bonchev–Trinajstić information content (AvgIpc) is 2.78. The fourth-order valence-electron chi connectivity index (χ4n) is 2.24. The van der Waals surface area contributed by atoms with Gasteiger partial charge in [0.05, 0.1) is 6.61 Å². The van der Waals surface area contributed by atoms with Crippen LogP contribution in [0, 0.1) is 0 Å². The molecule has 6 atom stereocenters. The van der Waals surface area contributed by atoms with E-state index in [0.717, 1.165) is 15.6 Å². The summed E-state index contributed by atoms with van der Waals surface area (Å²) >= 11 is 0. The number of hydrogen-bond acceptors (Lipinski definition) is 11. The second-order valence-corrected chi connectivity index (χ2v) is 10.4. The highest BCUT2D eigenvalue weighted by molar-refractivity contribution is 7.70. The minimum atomic E-state index is -5.49. The third kappa shape index (κ3) is 6.73. The minimum Gasteiger partial charge on any atom is -0.387 e. The monoisotopic (exact) mass is 482 g/mol. The highest BCUT2D eigenvalue weighted by Crippen LogP contribution is 2.60. The second-order valence-electron chi connectivity index (χ2n) is 5.60. The number of anilines is 1. The van der Waals surface area contributed by atoms with Gasteiger partial charge in [0.25, 0.3) is 0 Å². The maximum Gasteiger partial charge on any atom is 0.477 e. The first-order valence-electron chi connectivity index (χ1n) is 7.33. The van der Waals surface area contributed by atoms with Gasteiger partial charge in [0.1, 0.15) is 24.1 Å². The third-order valence-corrected chi connectivity index (χ3v) is 7.60. The predicted molar refractivity (Wildman–Crippen MR) is 90.7 cm³/mol. The van der Waals surface area contributed by atoms with E-state index in [0.29, 0.717) is 0 Å². The summed E-state index contributed by atoms with van der Waals surface area (Å²) in [5.41, 5.74) is 4.41. The van der Waals surface area contributed by atoms with E-state index >= 15 is 0 Å². The van der Waals surface area contributed by atoms with E-state index in [2.05, 4.69) is 13.8 Å². The number of aliphatic hydroxyl groups is 2. The lowest BCUT2D eigenvalue weighted by Crippen LogP contribution is -2.36. The Morgan fingerprint density at radius 1 is 1.17 bits per heavy atom. The number of ether oxygens (including phenoxy) is 1. The number of nitrogens with zero attached hydrogens (tertiary/aromatic N) is 2. The van der Waals surface area contributed by atoms with E-state index in [1.54, 1.807) is 0 Å². The Kier molecular flexibility index (Phi) is 7.20. The zero-order valence-electron chi connectivity index (χ0n) is 14.0. The maximum atomic E-state index is 11.8. The molecular formula is C9H17N4O13P3. The van der Waals surface area contributed by atoms with E-state index in [-0.39, 0.29) is 5.82 Å². The van der Waals surface area contributed by atoms with Crippen molar-refractivity contribution in [3.8, 4) is 0 Å². The van der Waals surface area contributed by atoms with Gasteiger partial charge in [0.15, 0.2) is 6.23 Å². The van der Waals surface area contributed by atoms with E-state index in [1.165, 1.54) is 6.07 Å². The molecule has 20 heteroatoms. The molecule has 2 rings (SSSR count). The molecule has 1 aromatic heterocycles. The Balaban J connectivity index is 2.05. The van der Waals surface area contributed by atoms with Gasteiger partial charge in [-0.25, -0.2) is 18.5 Å². The van der Waals surface area contributed by atoms with Crippen molar-refractivity contribution in [2.45, 2.75) is 24.5 Å². The number of aromatic nitrogens is 2. The fourth-order valence-corrected chi connectivity index (χ4v) is 5.73. The molecule has 1 aliphatic rings. The molecule has 1 aromatic rings. The number of rotatable bonds is 8. The molecule has 1 fully saturated rings. The lowest BCUT2D eigenvalue weighted by Gasteiger charge is -2.20. The highest BCUT2D eigenvalue weighted by Gasteiger charge is 2.46. The van der Waals surface area contributed by atoms with Crippen LogP contribution in [0.4, 0.5) is 5.82 Å². The Bertz CT molecular complexity index is 948. The van der Waals surface area contributed by atoms with Crippen LogP contribution in [0.3, 0.4) is 0 Å². The molecule has 17 nitrogen and oxygen atoms in total. The van der Waals surface area contributed by atoms with Gasteiger partial charge in [0.2, 0.25) is 0 Å². The van der Waals surface area contributed by atoms with Gasteiger partial charge < -0.3 is 40.3 Å². The number of nitrogens with one attached hydrogen (secondary N) is 1. The first kappa shape index (κ1) is 24.2. The van der Waals surface area contributed by atoms with Gasteiger partial charge in [-0.3, -0.25) is 9.09 Å². The molecule has 1 saturated heterocycles. The normalized spacial score (nSPS) is 29.3. The van der Waals surface area contributed by atoms with Gasteiger partial charge in [-0.2, -0.15) is 9.29 Å². The summed E-state index contributed by atoms with van der Waals surface area (Å²) in [5.74, 6) is -0.114. The van der Waals surface area contributed by atoms with E-state index < -0.39 is 60.2 Å². The SMILES string of the molecule is Nc1ccn([C@@H]2O[C@H](COP(=O)(O)NP(=O)(O)OP(=O)(O)O)C(O)[C@@H]2O)c(=O)n1. The summed E-state index contributed by atoms with van der Waals surface area (Å²) < 4.78 is 47.6. The van der Waals surface area contributed by atoms with Gasteiger partial charge in [0, 0.05) is 6.20 Å². The standard InChI is InChI=1S/C9H17N4O13P3/c10-5-1-2-13(9(16)11-5)8-7(15)6(14)4(25-8)3-24-27(17,18)12-28(19,20)26-29(21,22)23/h1-2,4,6-8,14-15H,3H2,(H2,10,11,16)(H2,21,22,23)(H3,12,17,18,19,20)/t4-,6?,7+,8-/m1/s1. The third-order valence-electron chi connectivity index (χ3n) is 3.35. The molecule has 0 radical (unpaired) electrons. The largest absolute Gasteiger partial charge is 0.477 e. The molecule has 0 aliphatic carbocycles. The summed E-state index contributed by atoms with van der Waals surface area (Å²) in [6.07, 6.45) is -5.26. The van der Waals surface area contributed by atoms with Crippen molar-refractivity contribution in [3.05, 3.63) is 22.7 Å². The summed E-state index contributed by atoms with van der Waals surface area (Å²) in [6.45, 7) is -0.956. The number of hydrogen-bond donors (Lipinski definition) is 8. The van der Waals surface area contributed by atoms with Gasteiger partial charge in [-0.05, 0) is 6.07 Å². The number of phosphoric acid groups is 1. The molecule has 0 bridgehead atoms. The molecule has 2 heterocycles. The molecule has 9 N–H and O–H groups in total. The summed E-state index contributed by atoms with van der Waals surface area (Å²) in [7, 11) is -16.2. The van der Waals surface area contributed by atoms with E-state index in [9.17, 15) is 33.6 Å². The molecule has 3 unspecified atom stereocenters. The van der Waals surface area contributed by atoms with Crippen LogP contribution in [0.1, 0.15) is 6.23 Å². The quantitative estimate of drug-likeness (QED) is 0.176. The van der Waals surface area contributed by atoms with Crippen molar-refractivity contribution in [1.29, 1.82) is 0 Å². The number of nitrogens with two attached hydrogens (primary N) is 1. The minimum absolute atomic E-state index is 0.114. The first-order valence-corrected chi connectivity index (χ1v) is 12.0. The van der Waals surface area contributed by atoms with E-state index in [1.807, 2.05) is 0 Å². The second kappa shape index (κ2) is 8.61. The average molecular weight is 482 g/mol. The first-order chi connectivity index (χ1) is 13.1. The van der Waals surface area contributed by atoms with Gasteiger partial charge in [-0.15, -0.1) is 4.86 Å². The topological polar surface area (TPSA) is 273 Å². The van der Waals surface area contributed by atoms with Gasteiger partial charge >= 0.3 is 29.0 Å². The Morgan fingerprint density at radius 2 is 1.79 bits per heavy atom. The molecule has 29 heavy (non-hydrogen) atoms. The fraction of sp³-hybridized carbons (Fsp3) is 0.556. The van der Waals surface area contributed by atoms with Crippen molar-refractivity contribution < 1.29 is 57.1 Å². The van der Waals surface area contributed by atoms with Crippen molar-refractivity contribution in [2.75, 3.05) is 12.3 Å². The Morgan fingerprint density at radius 3 is 2.34 bits per heavy atom. The Hall–Kier alpha value is -1.03. The van der Waals surface area contributed by atoms with Crippen LogP contribution in [0.15, 0.2) is 17.1 Å². The smallest absolute Gasteiger partial charge is 0.387 e. The molecule has 0 saturated carbocycles. The molecular weight excluding hydrogens is 465 g/mol. The van der Waals surface area contributed by atoms with Crippen LogP contribution in [-0.4, -0.2) is 64.3 Å². The molecule has 0 spiro atoms. The summed E-state index contributed by atoms with van der Waals surface area (Å²) in [6, 6.07) is 1.21. The van der Waals surface area contributed by atoms with Crippen molar-refractivity contribution in [2.24, 2.45) is 0 Å². The van der Waals surface area contributed by atoms with Gasteiger partial charge in [-0.1, -0.05) is 0 Å². The number of nitrogen functional groups attached to an aromatic ring is 1. The lowest BCUT2D eigenvalue weighted by molar-refractivity contribution is -0.0525. The van der Waals surface area contributed by atoms with Crippen LogP contribution in [0.2, 0.25) is 0 Å². The molecule has 0 amide bonds. The van der Waals surface area contributed by atoms with Crippen molar-refractivity contribution in [1.82, 2.24) is 14.4 Å². The molecule has 1 aliphatic heterocycles. The predicted octanol–water partition coefficient (Wildman–Crippen LogP) is -2.64. The Labute approximate surface area is 161 Å². The summed E-state index contributed by atoms with van der Waals surface area (Å²) in [5, 5.41) is 20.0. The van der Waals surface area contributed by atoms with Crippen LogP contribution in [0.25, 0.3) is 0 Å². The van der Waals surface area contributed by atoms with Crippen molar-refractivity contribution in [3.63, 3.8) is 0 Å². The van der Waals surface area contributed by atoms with E-state index in [4.69, 9.17) is 25.2 Å².